The Morgan fingerprint density at radius 2 is 2.24 bits per heavy atom. The second-order valence-corrected chi connectivity index (χ2v) is 6.17. The van der Waals surface area contributed by atoms with Crippen LogP contribution in [0, 0.1) is 0 Å². The normalized spacial score (nSPS) is 16.6. The molecule has 0 radical (unpaired) electrons. The molecule has 1 aliphatic rings. The predicted octanol–water partition coefficient (Wildman–Crippen LogP) is 2.63. The van der Waals surface area contributed by atoms with E-state index in [2.05, 4.69) is 10.3 Å². The highest BCUT2D eigenvalue weighted by molar-refractivity contribution is 7.09. The Labute approximate surface area is 128 Å². The molecule has 1 aromatic rings. The molecular weight excluding hydrogens is 290 g/mol. The third-order valence-electron chi connectivity index (χ3n) is 3.79. The fourth-order valence-corrected chi connectivity index (χ4v) is 3.48. The van der Waals surface area contributed by atoms with E-state index in [1.807, 2.05) is 12.3 Å². The third kappa shape index (κ3) is 4.17. The van der Waals surface area contributed by atoms with Gasteiger partial charge in [-0.15, -0.1) is 11.3 Å². The number of carboxylic acids is 1. The van der Waals surface area contributed by atoms with Gasteiger partial charge in [-0.25, -0.2) is 9.78 Å². The third-order valence-corrected chi connectivity index (χ3v) is 4.68. The summed E-state index contributed by atoms with van der Waals surface area (Å²) in [5.41, 5.74) is 0. The van der Waals surface area contributed by atoms with Gasteiger partial charge in [0.05, 0.1) is 6.04 Å². The number of aliphatic carboxylic acids is 1. The smallest absolute Gasteiger partial charge is 0.323 e. The molecule has 0 saturated heterocycles. The Morgan fingerprint density at radius 1 is 1.52 bits per heavy atom. The molecule has 1 aromatic heterocycles. The van der Waals surface area contributed by atoms with Crippen molar-refractivity contribution in [1.82, 2.24) is 15.2 Å². The molecule has 1 aliphatic carbocycles. The van der Waals surface area contributed by atoms with Gasteiger partial charge in [0, 0.05) is 17.6 Å². The van der Waals surface area contributed by atoms with Crippen molar-refractivity contribution in [3.05, 3.63) is 16.6 Å². The predicted molar refractivity (Wildman–Crippen MR) is 80.3 cm³/mol. The summed E-state index contributed by atoms with van der Waals surface area (Å²) in [5.74, 6) is -0.973. The largest absolute Gasteiger partial charge is 0.480 e. The molecule has 1 atom stereocenters. The number of carbonyl (C=O) groups excluding carboxylic acids is 1. The Kier molecular flexibility index (Phi) is 5.55. The average molecular weight is 311 g/mol. The second kappa shape index (κ2) is 7.40. The summed E-state index contributed by atoms with van der Waals surface area (Å²) in [7, 11) is 0. The van der Waals surface area contributed by atoms with Crippen LogP contribution in [0.3, 0.4) is 0 Å². The van der Waals surface area contributed by atoms with Gasteiger partial charge in [0.1, 0.15) is 11.6 Å². The number of hydrogen-bond acceptors (Lipinski definition) is 4. The van der Waals surface area contributed by atoms with Gasteiger partial charge in [0.2, 0.25) is 0 Å². The first-order chi connectivity index (χ1) is 10.1. The van der Waals surface area contributed by atoms with Crippen LogP contribution in [0.25, 0.3) is 0 Å². The van der Waals surface area contributed by atoms with Crippen molar-refractivity contribution in [2.45, 2.75) is 51.1 Å². The molecule has 6 nitrogen and oxygen atoms in total. The highest BCUT2D eigenvalue weighted by Gasteiger charge is 2.29. The van der Waals surface area contributed by atoms with Gasteiger partial charge >= 0.3 is 12.0 Å². The molecule has 1 heterocycles. The molecule has 0 bridgehead atoms. The summed E-state index contributed by atoms with van der Waals surface area (Å²) in [6, 6.07) is -0.420. The first kappa shape index (κ1) is 15.8. The van der Waals surface area contributed by atoms with Crippen molar-refractivity contribution >= 4 is 23.3 Å². The maximum Gasteiger partial charge on any atom is 0.323 e. The SMILES string of the molecule is CCC(NC(=O)N(CC(=O)O)C1CCCC1)c1nccs1. The van der Waals surface area contributed by atoms with Crippen LogP contribution in [0.1, 0.15) is 50.1 Å². The molecule has 1 saturated carbocycles. The molecule has 0 aromatic carbocycles. The monoisotopic (exact) mass is 311 g/mol. The number of carboxylic acid groups (broad SMARTS) is 1. The van der Waals surface area contributed by atoms with Crippen LogP contribution >= 0.6 is 11.3 Å². The van der Waals surface area contributed by atoms with Crippen LogP contribution in [-0.4, -0.2) is 39.6 Å². The average Bonchev–Trinajstić information content (AvgIpc) is 3.13. The number of thiazole rings is 1. The molecule has 0 aliphatic heterocycles. The number of amides is 2. The molecule has 2 rings (SSSR count). The summed E-state index contributed by atoms with van der Waals surface area (Å²) >= 11 is 1.49. The van der Waals surface area contributed by atoms with Crippen LogP contribution in [0.15, 0.2) is 11.6 Å². The number of urea groups is 1. The van der Waals surface area contributed by atoms with Crippen LogP contribution in [0.2, 0.25) is 0 Å². The summed E-state index contributed by atoms with van der Waals surface area (Å²) < 4.78 is 0. The quantitative estimate of drug-likeness (QED) is 0.846. The van der Waals surface area contributed by atoms with Gasteiger partial charge in [0.15, 0.2) is 0 Å². The molecule has 2 N–H and O–H groups in total. The van der Waals surface area contributed by atoms with Crippen molar-refractivity contribution in [3.8, 4) is 0 Å². The minimum absolute atomic E-state index is 0.0369. The van der Waals surface area contributed by atoms with E-state index in [0.29, 0.717) is 0 Å². The van der Waals surface area contributed by atoms with Gasteiger partial charge in [-0.2, -0.15) is 0 Å². The van der Waals surface area contributed by atoms with Crippen LogP contribution in [0.5, 0.6) is 0 Å². The molecule has 21 heavy (non-hydrogen) atoms. The van der Waals surface area contributed by atoms with E-state index in [1.165, 1.54) is 16.2 Å². The highest BCUT2D eigenvalue weighted by Crippen LogP contribution is 2.25. The van der Waals surface area contributed by atoms with Crippen molar-refractivity contribution in [3.63, 3.8) is 0 Å². The molecule has 7 heteroatoms. The summed E-state index contributed by atoms with van der Waals surface area (Å²) in [5, 5.41) is 14.7. The lowest BCUT2D eigenvalue weighted by atomic mass is 10.2. The number of nitrogens with zero attached hydrogens (tertiary/aromatic N) is 2. The van der Waals surface area contributed by atoms with E-state index >= 15 is 0 Å². The lowest BCUT2D eigenvalue weighted by Gasteiger charge is -2.29. The maximum absolute atomic E-state index is 12.5. The van der Waals surface area contributed by atoms with E-state index < -0.39 is 5.97 Å². The summed E-state index contributed by atoms with van der Waals surface area (Å²) in [4.78, 5) is 29.2. The number of nitrogens with one attached hydrogen (secondary N) is 1. The summed E-state index contributed by atoms with van der Waals surface area (Å²) in [6.45, 7) is 1.73. The number of aromatic nitrogens is 1. The fraction of sp³-hybridized carbons (Fsp3) is 0.643. The van der Waals surface area contributed by atoms with Gasteiger partial charge < -0.3 is 15.3 Å². The Bertz CT molecular complexity index is 472. The van der Waals surface area contributed by atoms with E-state index in [0.717, 1.165) is 37.1 Å². The van der Waals surface area contributed by atoms with Crippen LogP contribution in [-0.2, 0) is 4.79 Å². The standard InChI is InChI=1S/C14H21N3O3S/c1-2-11(13-15-7-8-21-13)16-14(20)17(9-12(18)19)10-5-3-4-6-10/h7-8,10-11H,2-6,9H2,1H3,(H,16,20)(H,18,19). The highest BCUT2D eigenvalue weighted by atomic mass is 32.1. The second-order valence-electron chi connectivity index (χ2n) is 5.24. The zero-order valence-electron chi connectivity index (χ0n) is 12.1. The molecule has 1 unspecified atom stereocenters. The number of hydrogen-bond donors (Lipinski definition) is 2. The van der Waals surface area contributed by atoms with Crippen molar-refractivity contribution in [2.75, 3.05) is 6.54 Å². The topological polar surface area (TPSA) is 82.5 Å². The Morgan fingerprint density at radius 3 is 2.76 bits per heavy atom. The number of carbonyl (C=O) groups is 2. The molecule has 116 valence electrons. The fourth-order valence-electron chi connectivity index (χ4n) is 2.71. The van der Waals surface area contributed by atoms with Gasteiger partial charge in [-0.3, -0.25) is 4.79 Å². The molecule has 2 amide bonds. The van der Waals surface area contributed by atoms with Crippen LogP contribution < -0.4 is 5.32 Å². The summed E-state index contributed by atoms with van der Waals surface area (Å²) in [6.07, 6.45) is 6.31. The van der Waals surface area contributed by atoms with Gasteiger partial charge in [0.25, 0.3) is 0 Å². The lowest BCUT2D eigenvalue weighted by molar-refractivity contribution is -0.138. The Hall–Kier alpha value is -1.63. The first-order valence-electron chi connectivity index (χ1n) is 7.30. The van der Waals surface area contributed by atoms with E-state index in [9.17, 15) is 9.59 Å². The van der Waals surface area contributed by atoms with Gasteiger partial charge in [-0.05, 0) is 19.3 Å². The van der Waals surface area contributed by atoms with E-state index in [-0.39, 0.29) is 24.7 Å². The first-order valence-corrected chi connectivity index (χ1v) is 8.18. The van der Waals surface area contributed by atoms with Crippen molar-refractivity contribution in [2.24, 2.45) is 0 Å². The zero-order chi connectivity index (χ0) is 15.2. The van der Waals surface area contributed by atoms with Gasteiger partial charge in [-0.1, -0.05) is 19.8 Å². The van der Waals surface area contributed by atoms with Crippen molar-refractivity contribution in [1.29, 1.82) is 0 Å². The van der Waals surface area contributed by atoms with E-state index in [4.69, 9.17) is 5.11 Å². The minimum atomic E-state index is -0.973. The zero-order valence-corrected chi connectivity index (χ0v) is 12.9. The van der Waals surface area contributed by atoms with E-state index in [1.54, 1.807) is 6.20 Å². The molecular formula is C14H21N3O3S. The Balaban J connectivity index is 2.04. The lowest BCUT2D eigenvalue weighted by Crippen LogP contribution is -2.48. The van der Waals surface area contributed by atoms with Crippen molar-refractivity contribution < 1.29 is 14.7 Å². The number of rotatable bonds is 6. The minimum Gasteiger partial charge on any atom is -0.480 e. The molecule has 0 spiro atoms. The van der Waals surface area contributed by atoms with Crippen LogP contribution in [0.4, 0.5) is 4.79 Å². The molecule has 1 fully saturated rings. The maximum atomic E-state index is 12.5.